The number of hydrogen-bond acceptors (Lipinski definition) is 5. The van der Waals surface area contributed by atoms with Crippen molar-refractivity contribution in [1.82, 2.24) is 0 Å². The Balaban J connectivity index is 2.16. The Morgan fingerprint density at radius 1 is 1.33 bits per heavy atom. The van der Waals surface area contributed by atoms with Crippen molar-refractivity contribution in [3.63, 3.8) is 0 Å². The summed E-state index contributed by atoms with van der Waals surface area (Å²) in [6.07, 6.45) is 4.14. The summed E-state index contributed by atoms with van der Waals surface area (Å²) < 4.78 is 5.51. The minimum Gasteiger partial charge on any atom is -0.458 e. The van der Waals surface area contributed by atoms with Gasteiger partial charge in [-0.05, 0) is 24.3 Å². The van der Waals surface area contributed by atoms with Gasteiger partial charge in [0.2, 0.25) is 0 Å². The Morgan fingerprint density at radius 3 is 2.56 bits per heavy atom. The molecule has 2 rings (SSSR count). The number of nitro groups is 1. The summed E-state index contributed by atoms with van der Waals surface area (Å²) in [7, 11) is 0. The zero-order valence-electron chi connectivity index (χ0n) is 9.52. The van der Waals surface area contributed by atoms with Crippen LogP contribution in [0.1, 0.15) is 0 Å². The van der Waals surface area contributed by atoms with Gasteiger partial charge in [-0.15, -0.1) is 0 Å². The average Bonchev–Trinajstić information content (AvgIpc) is 2.35. The summed E-state index contributed by atoms with van der Waals surface area (Å²) in [5.41, 5.74) is 9.50. The molecule has 1 aromatic rings. The molecular weight excluding hydrogens is 234 g/mol. The van der Waals surface area contributed by atoms with Gasteiger partial charge in [0.25, 0.3) is 0 Å². The van der Waals surface area contributed by atoms with Gasteiger partial charge in [0, 0.05) is 11.0 Å². The van der Waals surface area contributed by atoms with E-state index in [0.717, 1.165) is 0 Å². The van der Waals surface area contributed by atoms with Crippen LogP contribution in [-0.2, 0) is 0 Å². The van der Waals surface area contributed by atoms with Crippen molar-refractivity contribution in [2.24, 2.45) is 11.5 Å². The van der Waals surface area contributed by atoms with Crippen LogP contribution < -0.4 is 16.2 Å². The maximum atomic E-state index is 10.8. The van der Waals surface area contributed by atoms with E-state index in [0.29, 0.717) is 11.5 Å². The Kier molecular flexibility index (Phi) is 3.14. The van der Waals surface area contributed by atoms with Crippen LogP contribution in [0.4, 0.5) is 0 Å². The fourth-order valence-corrected chi connectivity index (χ4v) is 1.57. The molecule has 1 aromatic carbocycles. The summed E-state index contributed by atoms with van der Waals surface area (Å²) in [6, 6.07) is 8.13. The quantitative estimate of drug-likeness (QED) is 0.466. The molecule has 0 aromatic heterocycles. The second-order valence-corrected chi connectivity index (χ2v) is 3.99. The minimum atomic E-state index is -1.77. The molecule has 2 atom stereocenters. The smallest absolute Gasteiger partial charge is 0.310 e. The standard InChI is InChI=1S/C12H13N3O3/c13-11-8-10(6-7-12(11,14)15(16)17)18-9-4-2-1-3-5-9/h1-8,11H,13-14H2. The van der Waals surface area contributed by atoms with Crippen molar-refractivity contribution in [1.29, 1.82) is 0 Å². The predicted molar refractivity (Wildman–Crippen MR) is 66.2 cm³/mol. The molecule has 1 aliphatic rings. The molecule has 0 heterocycles. The first kappa shape index (κ1) is 12.3. The van der Waals surface area contributed by atoms with Crippen molar-refractivity contribution in [2.45, 2.75) is 11.7 Å². The highest BCUT2D eigenvalue weighted by Crippen LogP contribution is 2.21. The normalized spacial score (nSPS) is 26.6. The van der Waals surface area contributed by atoms with Crippen molar-refractivity contribution in [2.75, 3.05) is 0 Å². The van der Waals surface area contributed by atoms with Crippen LogP contribution in [0.25, 0.3) is 0 Å². The van der Waals surface area contributed by atoms with Crippen molar-refractivity contribution < 1.29 is 9.66 Å². The van der Waals surface area contributed by atoms with E-state index in [1.165, 1.54) is 18.2 Å². The van der Waals surface area contributed by atoms with Gasteiger partial charge in [0.05, 0.1) is 0 Å². The fraction of sp³-hybridized carbons (Fsp3) is 0.167. The van der Waals surface area contributed by atoms with Gasteiger partial charge in [0.15, 0.2) is 0 Å². The Bertz CT molecular complexity index is 513. The highest BCUT2D eigenvalue weighted by molar-refractivity contribution is 5.32. The molecule has 0 bridgehead atoms. The average molecular weight is 247 g/mol. The molecule has 1 aliphatic carbocycles. The Hall–Kier alpha value is -2.18. The highest BCUT2D eigenvalue weighted by atomic mass is 16.6. The van der Waals surface area contributed by atoms with E-state index >= 15 is 0 Å². The molecule has 2 unspecified atom stereocenters. The van der Waals surface area contributed by atoms with Crippen molar-refractivity contribution >= 4 is 0 Å². The number of allylic oxidation sites excluding steroid dienone is 1. The fourth-order valence-electron chi connectivity index (χ4n) is 1.57. The maximum absolute atomic E-state index is 10.8. The molecule has 94 valence electrons. The van der Waals surface area contributed by atoms with E-state index in [1.54, 1.807) is 12.1 Å². The topological polar surface area (TPSA) is 104 Å². The van der Waals surface area contributed by atoms with Crippen LogP contribution in [0.2, 0.25) is 0 Å². The number of hydrogen-bond donors (Lipinski definition) is 2. The number of nitrogens with two attached hydrogens (primary N) is 2. The van der Waals surface area contributed by atoms with Crippen LogP contribution in [-0.4, -0.2) is 16.6 Å². The zero-order chi connectivity index (χ0) is 13.2. The third-order valence-corrected chi connectivity index (χ3v) is 2.69. The lowest BCUT2D eigenvalue weighted by atomic mass is 9.97. The summed E-state index contributed by atoms with van der Waals surface area (Å²) in [5, 5.41) is 10.8. The minimum absolute atomic E-state index is 0.441. The van der Waals surface area contributed by atoms with Gasteiger partial charge in [-0.1, -0.05) is 18.2 Å². The van der Waals surface area contributed by atoms with Gasteiger partial charge >= 0.3 is 5.66 Å². The first-order chi connectivity index (χ1) is 8.52. The lowest BCUT2D eigenvalue weighted by Gasteiger charge is -2.25. The highest BCUT2D eigenvalue weighted by Gasteiger charge is 2.43. The molecular formula is C12H13N3O3. The van der Waals surface area contributed by atoms with Crippen LogP contribution in [0.3, 0.4) is 0 Å². The second kappa shape index (κ2) is 4.59. The first-order valence-electron chi connectivity index (χ1n) is 5.35. The van der Waals surface area contributed by atoms with E-state index < -0.39 is 16.6 Å². The van der Waals surface area contributed by atoms with Crippen LogP contribution in [0.15, 0.2) is 54.3 Å². The third kappa shape index (κ3) is 2.24. The van der Waals surface area contributed by atoms with Crippen molar-refractivity contribution in [3.05, 3.63) is 64.4 Å². The molecule has 0 saturated heterocycles. The monoisotopic (exact) mass is 247 g/mol. The third-order valence-electron chi connectivity index (χ3n) is 2.69. The van der Waals surface area contributed by atoms with Gasteiger partial charge in [0.1, 0.15) is 17.6 Å². The number of nitrogens with zero attached hydrogens (tertiary/aromatic N) is 1. The number of ether oxygens (including phenoxy) is 1. The lowest BCUT2D eigenvalue weighted by molar-refractivity contribution is -0.555. The van der Waals surface area contributed by atoms with E-state index in [1.807, 2.05) is 18.2 Å². The van der Waals surface area contributed by atoms with E-state index in [-0.39, 0.29) is 0 Å². The molecule has 0 saturated carbocycles. The van der Waals surface area contributed by atoms with Gasteiger partial charge in [-0.2, -0.15) is 0 Å². The first-order valence-corrected chi connectivity index (χ1v) is 5.35. The summed E-state index contributed by atoms with van der Waals surface area (Å²) >= 11 is 0. The number of rotatable bonds is 3. The molecule has 0 amide bonds. The number of para-hydroxylation sites is 1. The van der Waals surface area contributed by atoms with Crippen LogP contribution in [0.5, 0.6) is 5.75 Å². The maximum Gasteiger partial charge on any atom is 0.310 e. The molecule has 6 heteroatoms. The van der Waals surface area contributed by atoms with Crippen LogP contribution in [0, 0.1) is 10.1 Å². The Morgan fingerprint density at radius 2 is 2.00 bits per heavy atom. The molecule has 0 fully saturated rings. The summed E-state index contributed by atoms with van der Waals surface area (Å²) in [5.74, 6) is 1.07. The van der Waals surface area contributed by atoms with Gasteiger partial charge < -0.3 is 10.5 Å². The van der Waals surface area contributed by atoms with E-state index in [2.05, 4.69) is 0 Å². The summed E-state index contributed by atoms with van der Waals surface area (Å²) in [4.78, 5) is 10.2. The van der Waals surface area contributed by atoms with Crippen molar-refractivity contribution in [3.8, 4) is 5.75 Å². The lowest BCUT2D eigenvalue weighted by Crippen LogP contribution is -2.59. The molecule has 6 nitrogen and oxygen atoms in total. The molecule has 18 heavy (non-hydrogen) atoms. The van der Waals surface area contributed by atoms with Crippen LogP contribution >= 0.6 is 0 Å². The molecule has 4 N–H and O–H groups in total. The van der Waals surface area contributed by atoms with Gasteiger partial charge in [-0.25, -0.2) is 0 Å². The zero-order valence-corrected chi connectivity index (χ0v) is 9.52. The molecule has 0 aliphatic heterocycles. The molecule has 0 spiro atoms. The van der Waals surface area contributed by atoms with E-state index in [4.69, 9.17) is 16.2 Å². The predicted octanol–water partition coefficient (Wildman–Crippen LogP) is 0.778. The summed E-state index contributed by atoms with van der Waals surface area (Å²) in [6.45, 7) is 0. The SMILES string of the molecule is NC1C=C(Oc2ccccc2)C=CC1(N)[N+](=O)[O-]. The van der Waals surface area contributed by atoms with Gasteiger partial charge in [-0.3, -0.25) is 15.8 Å². The number of benzene rings is 1. The largest absolute Gasteiger partial charge is 0.458 e. The molecule has 0 radical (unpaired) electrons. The van der Waals surface area contributed by atoms with E-state index in [9.17, 15) is 10.1 Å². The Labute approximate surface area is 104 Å². The second-order valence-electron chi connectivity index (χ2n) is 3.99.